The Hall–Kier alpha value is -2.82. The lowest BCUT2D eigenvalue weighted by atomic mass is 10.1. The summed E-state index contributed by atoms with van der Waals surface area (Å²) in [6, 6.07) is 11.4. The molecule has 1 amide bonds. The smallest absolute Gasteiger partial charge is 0.230 e. The van der Waals surface area contributed by atoms with E-state index in [0.29, 0.717) is 23.7 Å². The van der Waals surface area contributed by atoms with Crippen molar-refractivity contribution in [2.45, 2.75) is 27.2 Å². The van der Waals surface area contributed by atoms with Crippen molar-refractivity contribution in [3.8, 4) is 5.75 Å². The van der Waals surface area contributed by atoms with Crippen LogP contribution in [-0.2, 0) is 11.2 Å². The van der Waals surface area contributed by atoms with E-state index in [2.05, 4.69) is 10.5 Å². The highest BCUT2D eigenvalue weighted by atomic mass is 16.5. The van der Waals surface area contributed by atoms with Crippen LogP contribution in [0.5, 0.6) is 5.75 Å². The van der Waals surface area contributed by atoms with Crippen molar-refractivity contribution in [2.24, 2.45) is 0 Å². The molecule has 0 spiro atoms. The van der Waals surface area contributed by atoms with Crippen LogP contribution in [0.15, 0.2) is 40.9 Å². The summed E-state index contributed by atoms with van der Waals surface area (Å²) >= 11 is 0. The Morgan fingerprint density at radius 2 is 2.04 bits per heavy atom. The highest BCUT2D eigenvalue weighted by Crippen LogP contribution is 2.26. The van der Waals surface area contributed by atoms with Gasteiger partial charge in [0.15, 0.2) is 5.58 Å². The van der Waals surface area contributed by atoms with E-state index in [4.69, 9.17) is 9.26 Å². The van der Waals surface area contributed by atoms with Crippen LogP contribution in [0, 0.1) is 13.8 Å². The van der Waals surface area contributed by atoms with E-state index in [-0.39, 0.29) is 12.3 Å². The second kappa shape index (κ2) is 6.74. The summed E-state index contributed by atoms with van der Waals surface area (Å²) in [7, 11) is 0. The quantitative estimate of drug-likeness (QED) is 0.770. The maximum Gasteiger partial charge on any atom is 0.230 e. The Kier molecular flexibility index (Phi) is 4.51. The molecule has 3 aromatic rings. The third-order valence-electron chi connectivity index (χ3n) is 3.77. The van der Waals surface area contributed by atoms with Crippen LogP contribution in [0.3, 0.4) is 0 Å². The third-order valence-corrected chi connectivity index (χ3v) is 3.77. The minimum atomic E-state index is -0.156. The lowest BCUT2D eigenvalue weighted by Gasteiger charge is -2.10. The molecule has 5 heteroatoms. The Labute approximate surface area is 140 Å². The van der Waals surface area contributed by atoms with Gasteiger partial charge in [0.25, 0.3) is 0 Å². The number of benzene rings is 2. The minimum absolute atomic E-state index is 0.149. The number of carbonyl (C=O) groups excluding carboxylic acids is 1. The first-order valence-corrected chi connectivity index (χ1v) is 7.95. The van der Waals surface area contributed by atoms with Crippen molar-refractivity contribution in [3.63, 3.8) is 0 Å². The number of hydrogen-bond acceptors (Lipinski definition) is 4. The van der Waals surface area contributed by atoms with Crippen LogP contribution in [0.1, 0.15) is 23.7 Å². The first-order chi connectivity index (χ1) is 11.6. The molecule has 0 atom stereocenters. The van der Waals surface area contributed by atoms with Crippen LogP contribution >= 0.6 is 0 Å². The number of ether oxygens (including phenoxy) is 1. The zero-order valence-electron chi connectivity index (χ0n) is 14.1. The average Bonchev–Trinajstić information content (AvgIpc) is 2.92. The summed E-state index contributed by atoms with van der Waals surface area (Å²) in [5.41, 5.74) is 4.17. The summed E-state index contributed by atoms with van der Waals surface area (Å²) < 4.78 is 10.9. The monoisotopic (exact) mass is 324 g/mol. The number of aryl methyl sites for hydroxylation is 2. The topological polar surface area (TPSA) is 64.4 Å². The Bertz CT molecular complexity index is 883. The molecule has 124 valence electrons. The van der Waals surface area contributed by atoms with Crippen molar-refractivity contribution < 1.29 is 14.1 Å². The number of fused-ring (bicyclic) bond motifs is 1. The first kappa shape index (κ1) is 16.1. The number of anilines is 1. The molecule has 5 nitrogen and oxygen atoms in total. The van der Waals surface area contributed by atoms with Gasteiger partial charge in [-0.1, -0.05) is 23.4 Å². The van der Waals surface area contributed by atoms with Gasteiger partial charge in [0.05, 0.1) is 18.7 Å². The van der Waals surface area contributed by atoms with E-state index >= 15 is 0 Å². The summed E-state index contributed by atoms with van der Waals surface area (Å²) in [4.78, 5) is 12.4. The Morgan fingerprint density at radius 3 is 2.83 bits per heavy atom. The fraction of sp³-hybridized carbons (Fsp3) is 0.263. The van der Waals surface area contributed by atoms with Crippen molar-refractivity contribution in [1.82, 2.24) is 5.16 Å². The number of nitrogens with one attached hydrogen (secondary N) is 1. The van der Waals surface area contributed by atoms with Gasteiger partial charge in [-0.25, -0.2) is 0 Å². The van der Waals surface area contributed by atoms with Crippen LogP contribution in [0.4, 0.5) is 5.69 Å². The SMILES string of the molecule is CCOc1ccccc1NC(=O)Cc1noc2c(C)cc(C)cc12. The van der Waals surface area contributed by atoms with Crippen molar-refractivity contribution in [2.75, 3.05) is 11.9 Å². The van der Waals surface area contributed by atoms with E-state index < -0.39 is 0 Å². The molecule has 0 aliphatic carbocycles. The predicted octanol–water partition coefficient (Wildman–Crippen LogP) is 4.02. The highest BCUT2D eigenvalue weighted by Gasteiger charge is 2.15. The van der Waals surface area contributed by atoms with Gasteiger partial charge >= 0.3 is 0 Å². The summed E-state index contributed by atoms with van der Waals surface area (Å²) in [6.07, 6.45) is 0.149. The maximum atomic E-state index is 12.4. The number of para-hydroxylation sites is 2. The summed E-state index contributed by atoms with van der Waals surface area (Å²) in [5, 5.41) is 7.84. The summed E-state index contributed by atoms with van der Waals surface area (Å²) in [5.74, 6) is 0.501. The number of carbonyl (C=O) groups is 1. The van der Waals surface area contributed by atoms with E-state index in [1.54, 1.807) is 0 Å². The third kappa shape index (κ3) is 3.25. The molecule has 0 aliphatic rings. The molecule has 0 saturated heterocycles. The van der Waals surface area contributed by atoms with Crippen LogP contribution in [0.2, 0.25) is 0 Å². The molecule has 0 saturated carbocycles. The maximum absolute atomic E-state index is 12.4. The largest absolute Gasteiger partial charge is 0.492 e. The van der Waals surface area contributed by atoms with Gasteiger partial charge in [-0.2, -0.15) is 0 Å². The number of nitrogens with zero attached hydrogens (tertiary/aromatic N) is 1. The van der Waals surface area contributed by atoms with E-state index in [1.807, 2.05) is 57.2 Å². The normalized spacial score (nSPS) is 10.8. The van der Waals surface area contributed by atoms with Gasteiger partial charge in [-0.15, -0.1) is 0 Å². The highest BCUT2D eigenvalue weighted by molar-refractivity contribution is 5.96. The second-order valence-corrected chi connectivity index (χ2v) is 5.74. The molecule has 0 bridgehead atoms. The molecule has 2 aromatic carbocycles. The van der Waals surface area contributed by atoms with Gasteiger partial charge < -0.3 is 14.6 Å². The van der Waals surface area contributed by atoms with Crippen molar-refractivity contribution in [1.29, 1.82) is 0 Å². The number of aromatic nitrogens is 1. The molecular weight excluding hydrogens is 304 g/mol. The van der Waals surface area contributed by atoms with Crippen LogP contribution in [0.25, 0.3) is 11.0 Å². The standard InChI is InChI=1S/C19H20N2O3/c1-4-23-17-8-6-5-7-15(17)20-18(22)11-16-14-10-12(2)9-13(3)19(14)24-21-16/h5-10H,4,11H2,1-3H3,(H,20,22). The average molecular weight is 324 g/mol. The Balaban J connectivity index is 1.81. The predicted molar refractivity (Wildman–Crippen MR) is 93.4 cm³/mol. The van der Waals surface area contributed by atoms with Crippen LogP contribution < -0.4 is 10.1 Å². The fourth-order valence-corrected chi connectivity index (χ4v) is 2.77. The number of rotatable bonds is 5. The van der Waals surface area contributed by atoms with Gasteiger partial charge in [0.2, 0.25) is 5.91 Å². The van der Waals surface area contributed by atoms with Gasteiger partial charge in [-0.05, 0) is 50.1 Å². The second-order valence-electron chi connectivity index (χ2n) is 5.74. The summed E-state index contributed by atoms with van der Waals surface area (Å²) in [6.45, 7) is 6.44. The Morgan fingerprint density at radius 1 is 1.25 bits per heavy atom. The fourth-order valence-electron chi connectivity index (χ4n) is 2.77. The number of hydrogen-bond donors (Lipinski definition) is 1. The van der Waals surface area contributed by atoms with Crippen molar-refractivity contribution >= 4 is 22.6 Å². The zero-order valence-corrected chi connectivity index (χ0v) is 14.1. The molecule has 0 unspecified atom stereocenters. The molecule has 0 fully saturated rings. The van der Waals surface area contributed by atoms with E-state index in [9.17, 15) is 4.79 Å². The molecule has 0 aliphatic heterocycles. The zero-order chi connectivity index (χ0) is 17.1. The lowest BCUT2D eigenvalue weighted by Crippen LogP contribution is -2.15. The molecule has 24 heavy (non-hydrogen) atoms. The minimum Gasteiger partial charge on any atom is -0.492 e. The lowest BCUT2D eigenvalue weighted by molar-refractivity contribution is -0.115. The molecule has 1 heterocycles. The number of amides is 1. The molecular formula is C19H20N2O3. The molecule has 0 radical (unpaired) electrons. The van der Waals surface area contributed by atoms with Crippen LogP contribution in [-0.4, -0.2) is 17.7 Å². The first-order valence-electron chi connectivity index (χ1n) is 7.95. The van der Waals surface area contributed by atoms with Crippen molar-refractivity contribution in [3.05, 3.63) is 53.2 Å². The van der Waals surface area contributed by atoms with E-state index in [1.165, 1.54) is 0 Å². The van der Waals surface area contributed by atoms with Gasteiger partial charge in [0, 0.05) is 5.39 Å². The van der Waals surface area contributed by atoms with E-state index in [0.717, 1.165) is 22.1 Å². The van der Waals surface area contributed by atoms with Gasteiger partial charge in [0.1, 0.15) is 11.4 Å². The molecule has 1 N–H and O–H groups in total. The molecule has 3 rings (SSSR count). The molecule has 1 aromatic heterocycles. The van der Waals surface area contributed by atoms with Gasteiger partial charge in [-0.3, -0.25) is 4.79 Å².